The van der Waals surface area contributed by atoms with Crippen LogP contribution in [-0.2, 0) is 21.7 Å². The molecule has 0 fully saturated rings. The van der Waals surface area contributed by atoms with Crippen LogP contribution in [0.15, 0.2) is 0 Å². The molecular weight excluding hydrogens is 156 g/mol. The summed E-state index contributed by atoms with van der Waals surface area (Å²) in [5.74, 6) is 0. The van der Waals surface area contributed by atoms with Crippen molar-refractivity contribution in [2.75, 3.05) is 0 Å². The molecule has 0 aromatic rings. The molecule has 0 nitrogen and oxygen atoms in total. The van der Waals surface area contributed by atoms with Crippen molar-refractivity contribution in [1.82, 2.24) is 0 Å². The molecule has 10 heavy (non-hydrogen) atoms. The third-order valence-electron chi connectivity index (χ3n) is 1.60. The minimum Gasteiger partial charge on any atom is -0.0654 e. The van der Waals surface area contributed by atoms with Crippen LogP contribution in [0.25, 0.3) is 0 Å². The van der Waals surface area contributed by atoms with E-state index in [0.29, 0.717) is 0 Å². The first-order chi connectivity index (χ1) is 4.41. The minimum atomic E-state index is 0. The largest absolute Gasteiger partial charge is 0.0654 e. The van der Waals surface area contributed by atoms with Crippen molar-refractivity contribution in [3.8, 4) is 0 Å². The maximum absolute atomic E-state index is 3.80. The third-order valence-corrected chi connectivity index (χ3v) is 1.60. The van der Waals surface area contributed by atoms with Gasteiger partial charge in [-0.05, 0) is 0 Å². The summed E-state index contributed by atoms with van der Waals surface area (Å²) in [5.41, 5.74) is 0. The number of rotatable bonds is 6. The van der Waals surface area contributed by atoms with Gasteiger partial charge in [-0.2, -0.15) is 0 Å². The van der Waals surface area contributed by atoms with Gasteiger partial charge in [0.25, 0.3) is 0 Å². The Morgan fingerprint density at radius 1 is 0.900 bits per heavy atom. The summed E-state index contributed by atoms with van der Waals surface area (Å²) in [4.78, 5) is 0. The molecule has 0 N–H and O–H groups in total. The van der Waals surface area contributed by atoms with Crippen LogP contribution < -0.4 is 0 Å². The van der Waals surface area contributed by atoms with E-state index in [1.54, 1.807) is 0 Å². The Labute approximate surface area is 80.7 Å². The van der Waals surface area contributed by atoms with Crippen LogP contribution in [0.5, 0.6) is 0 Å². The van der Waals surface area contributed by atoms with Gasteiger partial charge < -0.3 is 0 Å². The van der Waals surface area contributed by atoms with E-state index < -0.39 is 0 Å². The van der Waals surface area contributed by atoms with Gasteiger partial charge in [-0.3, -0.25) is 0 Å². The van der Waals surface area contributed by atoms with Crippen LogP contribution in [0.2, 0.25) is 0 Å². The molecule has 59 valence electrons. The van der Waals surface area contributed by atoms with Gasteiger partial charge in [0.15, 0.2) is 0 Å². The molecule has 0 amide bonds. The Morgan fingerprint density at radius 3 is 1.90 bits per heavy atom. The number of hydrogen-bond acceptors (Lipinski definition) is 0. The summed E-state index contributed by atoms with van der Waals surface area (Å²) >= 11 is 0. The topological polar surface area (TPSA) is 0 Å². The zero-order chi connectivity index (χ0) is 6.95. The zero-order valence-corrected chi connectivity index (χ0v) is 8.72. The maximum Gasteiger partial charge on any atom is 0 e. The van der Waals surface area contributed by atoms with E-state index in [1.165, 1.54) is 38.5 Å². The first-order valence-corrected chi connectivity index (χ1v) is 4.21. The van der Waals surface area contributed by atoms with Crippen molar-refractivity contribution >= 4 is 0 Å². The SMILES string of the molecule is [CH2]CCCCCCCC.[Ti]. The van der Waals surface area contributed by atoms with E-state index >= 15 is 0 Å². The van der Waals surface area contributed by atoms with E-state index in [-0.39, 0.29) is 21.7 Å². The molecule has 0 aromatic heterocycles. The van der Waals surface area contributed by atoms with Crippen molar-refractivity contribution in [1.29, 1.82) is 0 Å². The molecule has 0 rings (SSSR count). The average Bonchev–Trinajstić information content (AvgIpc) is 1.89. The minimum absolute atomic E-state index is 0. The van der Waals surface area contributed by atoms with Crippen molar-refractivity contribution in [2.24, 2.45) is 0 Å². The molecule has 0 bridgehead atoms. The van der Waals surface area contributed by atoms with Crippen molar-refractivity contribution in [3.05, 3.63) is 6.92 Å². The first kappa shape index (κ1) is 13.3. The van der Waals surface area contributed by atoms with E-state index in [9.17, 15) is 0 Å². The van der Waals surface area contributed by atoms with E-state index in [0.717, 1.165) is 6.42 Å². The second kappa shape index (κ2) is 12.4. The van der Waals surface area contributed by atoms with Crippen LogP contribution in [-0.4, -0.2) is 0 Å². The van der Waals surface area contributed by atoms with Crippen LogP contribution >= 0.6 is 0 Å². The Morgan fingerprint density at radius 2 is 1.40 bits per heavy atom. The van der Waals surface area contributed by atoms with Gasteiger partial charge in [-0.25, -0.2) is 0 Å². The molecule has 0 spiro atoms. The Balaban J connectivity index is 0. The molecule has 0 atom stereocenters. The third kappa shape index (κ3) is 11.5. The Bertz CT molecular complexity index is 38.0. The van der Waals surface area contributed by atoms with Crippen molar-refractivity contribution in [3.63, 3.8) is 0 Å². The Kier molecular flexibility index (Phi) is 16.5. The molecule has 0 aromatic carbocycles. The monoisotopic (exact) mass is 175 g/mol. The number of unbranched alkanes of at least 4 members (excludes halogenated alkanes) is 6. The Hall–Kier alpha value is 0.714. The second-order valence-corrected chi connectivity index (χ2v) is 2.62. The summed E-state index contributed by atoms with van der Waals surface area (Å²) in [6.07, 6.45) is 9.45. The van der Waals surface area contributed by atoms with Crippen molar-refractivity contribution < 1.29 is 21.7 Å². The fraction of sp³-hybridized carbons (Fsp3) is 0.889. The normalized spacial score (nSPS) is 9.00. The predicted molar refractivity (Wildman–Crippen MR) is 43.4 cm³/mol. The van der Waals surface area contributed by atoms with Crippen LogP contribution in [0, 0.1) is 6.92 Å². The first-order valence-electron chi connectivity index (χ1n) is 4.21. The molecule has 1 radical (unpaired) electrons. The number of hydrogen-bond donors (Lipinski definition) is 0. The molecule has 0 saturated carbocycles. The summed E-state index contributed by atoms with van der Waals surface area (Å²) in [7, 11) is 0. The zero-order valence-electron chi connectivity index (χ0n) is 7.16. The van der Waals surface area contributed by atoms with Gasteiger partial charge >= 0.3 is 0 Å². The maximum atomic E-state index is 3.80. The molecule has 0 heterocycles. The quantitative estimate of drug-likeness (QED) is 0.427. The smallest absolute Gasteiger partial charge is 0 e. The van der Waals surface area contributed by atoms with Crippen LogP contribution in [0.4, 0.5) is 0 Å². The van der Waals surface area contributed by atoms with Gasteiger partial charge in [-0.15, -0.1) is 0 Å². The fourth-order valence-corrected chi connectivity index (χ4v) is 0.957. The van der Waals surface area contributed by atoms with Gasteiger partial charge in [0.2, 0.25) is 0 Å². The summed E-state index contributed by atoms with van der Waals surface area (Å²) in [6, 6.07) is 0. The molecule has 0 unspecified atom stereocenters. The standard InChI is InChI=1S/C9H19.Ti/c1-3-5-7-9-8-6-4-2;/h1,3-9H2,2H3;. The van der Waals surface area contributed by atoms with Gasteiger partial charge in [0.1, 0.15) is 0 Å². The summed E-state index contributed by atoms with van der Waals surface area (Å²) in [6.45, 7) is 6.05. The summed E-state index contributed by atoms with van der Waals surface area (Å²) < 4.78 is 0. The van der Waals surface area contributed by atoms with E-state index in [4.69, 9.17) is 0 Å². The van der Waals surface area contributed by atoms with E-state index in [2.05, 4.69) is 13.8 Å². The average molecular weight is 175 g/mol. The molecule has 0 saturated heterocycles. The molecular formula is C9H19Ti. The molecule has 0 aliphatic carbocycles. The molecule has 0 aliphatic rings. The van der Waals surface area contributed by atoms with Crippen LogP contribution in [0.3, 0.4) is 0 Å². The summed E-state index contributed by atoms with van der Waals surface area (Å²) in [5, 5.41) is 0. The van der Waals surface area contributed by atoms with Gasteiger partial charge in [0.05, 0.1) is 0 Å². The molecule has 0 aliphatic heterocycles. The molecule has 1 heteroatoms. The van der Waals surface area contributed by atoms with Crippen LogP contribution in [0.1, 0.15) is 51.9 Å². The van der Waals surface area contributed by atoms with Crippen molar-refractivity contribution in [2.45, 2.75) is 51.9 Å². The fourth-order valence-electron chi connectivity index (χ4n) is 0.957. The predicted octanol–water partition coefficient (Wildman–Crippen LogP) is 3.57. The second-order valence-electron chi connectivity index (χ2n) is 2.62. The van der Waals surface area contributed by atoms with Gasteiger partial charge in [-0.1, -0.05) is 58.8 Å². The van der Waals surface area contributed by atoms with E-state index in [1.807, 2.05) is 0 Å². The van der Waals surface area contributed by atoms with Gasteiger partial charge in [0, 0.05) is 21.7 Å².